The van der Waals surface area contributed by atoms with Gasteiger partial charge < -0.3 is 15.4 Å². The fourth-order valence-electron chi connectivity index (χ4n) is 2.67. The number of rotatable bonds is 7. The number of halogens is 1. The molecule has 0 aliphatic carbocycles. The van der Waals surface area contributed by atoms with Crippen molar-refractivity contribution in [3.63, 3.8) is 0 Å². The maximum atomic E-state index is 13.0. The highest BCUT2D eigenvalue weighted by Gasteiger charge is 2.21. The number of aromatic nitrogens is 1. The van der Waals surface area contributed by atoms with Crippen LogP contribution in [0.1, 0.15) is 51.5 Å². The number of methoxy groups -OCH3 is 1. The molecule has 0 aliphatic heterocycles. The van der Waals surface area contributed by atoms with Crippen LogP contribution in [0.15, 0.2) is 28.7 Å². The Morgan fingerprint density at radius 3 is 2.50 bits per heavy atom. The summed E-state index contributed by atoms with van der Waals surface area (Å²) in [5.74, 6) is -0.446. The second-order valence-electron chi connectivity index (χ2n) is 7.06. The zero-order valence-electron chi connectivity index (χ0n) is 16.9. The van der Waals surface area contributed by atoms with E-state index in [1.54, 1.807) is 26.2 Å². The molecule has 6 nitrogen and oxygen atoms in total. The highest BCUT2D eigenvalue weighted by Crippen LogP contribution is 2.29. The van der Waals surface area contributed by atoms with E-state index in [1.165, 1.54) is 0 Å². The zero-order valence-corrected chi connectivity index (χ0v) is 18.4. The maximum absolute atomic E-state index is 13.0. The Morgan fingerprint density at radius 1 is 1.14 bits per heavy atom. The van der Waals surface area contributed by atoms with Gasteiger partial charge in [0.1, 0.15) is 5.69 Å². The predicted molar refractivity (Wildman–Crippen MR) is 114 cm³/mol. The molecule has 0 atom stereocenters. The summed E-state index contributed by atoms with van der Waals surface area (Å²) < 4.78 is 6.11. The summed E-state index contributed by atoms with van der Waals surface area (Å²) in [5.41, 5.74) is 3.42. The first-order chi connectivity index (χ1) is 13.2. The third-order valence-electron chi connectivity index (χ3n) is 4.16. The Bertz CT molecular complexity index is 881. The Labute approximate surface area is 174 Å². The van der Waals surface area contributed by atoms with Crippen molar-refractivity contribution >= 4 is 33.4 Å². The molecule has 1 aromatic carbocycles. The summed E-state index contributed by atoms with van der Waals surface area (Å²) in [6.45, 7) is 8.56. The molecule has 2 N–H and O–H groups in total. The number of nitrogens with zero attached hydrogens (tertiary/aromatic N) is 1. The second-order valence-corrected chi connectivity index (χ2v) is 7.91. The van der Waals surface area contributed by atoms with Gasteiger partial charge in [-0.1, -0.05) is 35.8 Å². The Kier molecular flexibility index (Phi) is 7.71. The van der Waals surface area contributed by atoms with E-state index in [9.17, 15) is 9.59 Å². The molecule has 2 amide bonds. The summed E-state index contributed by atoms with van der Waals surface area (Å²) >= 11 is 3.50. The summed E-state index contributed by atoms with van der Waals surface area (Å²) in [5, 5.41) is 5.76. The minimum atomic E-state index is -0.388. The Hall–Kier alpha value is -2.25. The van der Waals surface area contributed by atoms with Crippen LogP contribution >= 0.6 is 15.9 Å². The predicted octanol–water partition coefficient (Wildman–Crippen LogP) is 4.25. The molecular formula is C21H26BrN3O3. The van der Waals surface area contributed by atoms with E-state index in [0.717, 1.165) is 15.6 Å². The van der Waals surface area contributed by atoms with Crippen LogP contribution in [-0.2, 0) is 11.3 Å². The first-order valence-electron chi connectivity index (χ1n) is 9.08. The molecule has 0 bridgehead atoms. The van der Waals surface area contributed by atoms with Crippen molar-refractivity contribution in [3.8, 4) is 0 Å². The van der Waals surface area contributed by atoms with Crippen LogP contribution < -0.4 is 10.6 Å². The quantitative estimate of drug-likeness (QED) is 0.664. The highest BCUT2D eigenvalue weighted by atomic mass is 79.9. The highest BCUT2D eigenvalue weighted by molar-refractivity contribution is 9.10. The first-order valence-corrected chi connectivity index (χ1v) is 9.88. The van der Waals surface area contributed by atoms with Crippen molar-refractivity contribution < 1.29 is 14.3 Å². The molecule has 150 valence electrons. The van der Waals surface area contributed by atoms with E-state index < -0.39 is 0 Å². The molecule has 7 heteroatoms. The van der Waals surface area contributed by atoms with Gasteiger partial charge in [-0.25, -0.2) is 4.98 Å². The van der Waals surface area contributed by atoms with Crippen molar-refractivity contribution in [2.45, 2.75) is 34.3 Å². The van der Waals surface area contributed by atoms with Crippen molar-refractivity contribution in [2.24, 2.45) is 5.92 Å². The molecular weight excluding hydrogens is 422 g/mol. The van der Waals surface area contributed by atoms with Crippen molar-refractivity contribution in [2.75, 3.05) is 19.0 Å². The largest absolute Gasteiger partial charge is 0.380 e. The third kappa shape index (κ3) is 5.39. The number of ether oxygens (including phenoxy) is 1. The SMILES string of the molecule is COCc1c(Br)ccc(C)c1NC(=O)c1ccc(C)nc1C(=O)NCC(C)C. The number of hydrogen-bond donors (Lipinski definition) is 2. The number of hydrogen-bond acceptors (Lipinski definition) is 4. The summed E-state index contributed by atoms with van der Waals surface area (Å²) in [4.78, 5) is 29.9. The lowest BCUT2D eigenvalue weighted by Crippen LogP contribution is -2.30. The number of amides is 2. The van der Waals surface area contributed by atoms with Gasteiger partial charge in [0.05, 0.1) is 17.9 Å². The van der Waals surface area contributed by atoms with Gasteiger partial charge in [0.15, 0.2) is 0 Å². The molecule has 1 heterocycles. The van der Waals surface area contributed by atoms with Gasteiger partial charge in [0, 0.05) is 29.4 Å². The fraction of sp³-hybridized carbons (Fsp3) is 0.381. The first kappa shape index (κ1) is 22.0. The van der Waals surface area contributed by atoms with Gasteiger partial charge in [-0.05, 0) is 43.5 Å². The number of nitrogens with one attached hydrogen (secondary N) is 2. The summed E-state index contributed by atoms with van der Waals surface area (Å²) in [7, 11) is 1.60. The third-order valence-corrected chi connectivity index (χ3v) is 4.90. The molecule has 0 aliphatic rings. The summed E-state index contributed by atoms with van der Waals surface area (Å²) in [6, 6.07) is 7.17. The van der Waals surface area contributed by atoms with Crippen LogP contribution in [0, 0.1) is 19.8 Å². The van der Waals surface area contributed by atoms with Crippen molar-refractivity contribution in [1.82, 2.24) is 10.3 Å². The molecule has 28 heavy (non-hydrogen) atoms. The number of anilines is 1. The molecule has 2 aromatic rings. The molecule has 0 saturated carbocycles. The lowest BCUT2D eigenvalue weighted by Gasteiger charge is -2.16. The number of pyridine rings is 1. The topological polar surface area (TPSA) is 80.3 Å². The van der Waals surface area contributed by atoms with Crippen LogP contribution in [0.5, 0.6) is 0 Å². The van der Waals surface area contributed by atoms with E-state index in [-0.39, 0.29) is 23.1 Å². The molecule has 2 rings (SSSR count). The van der Waals surface area contributed by atoms with Gasteiger partial charge in [0.2, 0.25) is 0 Å². The standard InChI is InChI=1S/C21H26BrN3O3/c1-12(2)10-23-21(27)19-15(8-7-14(4)24-19)20(26)25-18-13(3)6-9-17(22)16(18)11-28-5/h6-9,12H,10-11H2,1-5H3,(H,23,27)(H,25,26). The van der Waals surface area contributed by atoms with Crippen LogP contribution in [-0.4, -0.2) is 30.5 Å². The van der Waals surface area contributed by atoms with Crippen molar-refractivity contribution in [1.29, 1.82) is 0 Å². The van der Waals surface area contributed by atoms with E-state index in [0.29, 0.717) is 30.5 Å². The number of carbonyl (C=O) groups is 2. The van der Waals surface area contributed by atoms with Crippen LogP contribution in [0.4, 0.5) is 5.69 Å². The van der Waals surface area contributed by atoms with E-state index in [2.05, 4.69) is 31.5 Å². The molecule has 1 aromatic heterocycles. The van der Waals surface area contributed by atoms with Crippen LogP contribution in [0.3, 0.4) is 0 Å². The lowest BCUT2D eigenvalue weighted by molar-refractivity contribution is 0.0931. The zero-order chi connectivity index (χ0) is 20.8. The normalized spacial score (nSPS) is 10.8. The molecule has 0 saturated heterocycles. The van der Waals surface area contributed by atoms with Crippen molar-refractivity contribution in [3.05, 3.63) is 56.8 Å². The maximum Gasteiger partial charge on any atom is 0.270 e. The van der Waals surface area contributed by atoms with Crippen LogP contribution in [0.25, 0.3) is 0 Å². The Morgan fingerprint density at radius 2 is 1.86 bits per heavy atom. The van der Waals surface area contributed by atoms with Gasteiger partial charge in [0.25, 0.3) is 11.8 Å². The summed E-state index contributed by atoms with van der Waals surface area (Å²) in [6.07, 6.45) is 0. The smallest absolute Gasteiger partial charge is 0.270 e. The monoisotopic (exact) mass is 447 g/mol. The van der Waals surface area contributed by atoms with Gasteiger partial charge in [-0.3, -0.25) is 9.59 Å². The van der Waals surface area contributed by atoms with Gasteiger partial charge in [-0.15, -0.1) is 0 Å². The van der Waals surface area contributed by atoms with Crippen LogP contribution in [0.2, 0.25) is 0 Å². The van der Waals surface area contributed by atoms with E-state index in [1.807, 2.05) is 32.9 Å². The average Bonchev–Trinajstić information content (AvgIpc) is 2.65. The number of aryl methyl sites for hydroxylation is 2. The minimum Gasteiger partial charge on any atom is -0.380 e. The lowest BCUT2D eigenvalue weighted by atomic mass is 10.1. The molecule has 0 spiro atoms. The minimum absolute atomic E-state index is 0.124. The van der Waals surface area contributed by atoms with Gasteiger partial charge in [-0.2, -0.15) is 0 Å². The average molecular weight is 448 g/mol. The fourth-order valence-corrected chi connectivity index (χ4v) is 3.12. The molecule has 0 radical (unpaired) electrons. The molecule has 0 unspecified atom stereocenters. The van der Waals surface area contributed by atoms with Gasteiger partial charge >= 0.3 is 0 Å². The number of benzene rings is 1. The Balaban J connectivity index is 2.38. The number of carbonyl (C=O) groups excluding carboxylic acids is 2. The van der Waals surface area contributed by atoms with E-state index >= 15 is 0 Å². The second kappa shape index (κ2) is 9.80. The van der Waals surface area contributed by atoms with E-state index in [4.69, 9.17) is 4.74 Å². The molecule has 0 fully saturated rings.